The zero-order valence-corrected chi connectivity index (χ0v) is 27.5. The molecule has 0 aliphatic carbocycles. The number of thioether (sulfide) groups is 2. The highest BCUT2D eigenvalue weighted by atomic mass is 35.5. The Morgan fingerprint density at radius 3 is 1.53 bits per heavy atom. The van der Waals surface area contributed by atoms with E-state index in [0.717, 1.165) is 62.1 Å². The summed E-state index contributed by atoms with van der Waals surface area (Å²) in [6, 6.07) is 23.0. The highest BCUT2D eigenvalue weighted by Crippen LogP contribution is 2.26. The van der Waals surface area contributed by atoms with Crippen LogP contribution in [-0.4, -0.2) is 43.3 Å². The molecule has 0 bridgehead atoms. The summed E-state index contributed by atoms with van der Waals surface area (Å²) in [4.78, 5) is 40.7. The van der Waals surface area contributed by atoms with Crippen molar-refractivity contribution in [2.24, 2.45) is 0 Å². The maximum atomic E-state index is 12.7. The van der Waals surface area contributed by atoms with Gasteiger partial charge >= 0.3 is 0 Å². The fraction of sp³-hybridized carbons (Fsp3) is 0.152. The Morgan fingerprint density at radius 1 is 0.667 bits per heavy atom. The topological polar surface area (TPSA) is 116 Å². The number of amides is 2. The number of nitrogens with zero attached hydrogens (tertiary/aromatic N) is 2. The summed E-state index contributed by atoms with van der Waals surface area (Å²) in [5, 5.41) is 8.61. The molecule has 2 amide bonds. The lowest BCUT2D eigenvalue weighted by molar-refractivity contribution is -0.114. The fourth-order valence-corrected chi connectivity index (χ4v) is 6.60. The van der Waals surface area contributed by atoms with E-state index in [1.807, 2.05) is 62.4 Å². The SMILES string of the molecule is Cc1cc(Cc2ccc(NC(=O)CSc3nc4ccc(Cl)cc4[nH]3)c(C)c2)ccc1NC(=O)CSc1nc2ccc(Cl)cc2[nH]1. The summed E-state index contributed by atoms with van der Waals surface area (Å²) in [6.45, 7) is 3.97. The van der Waals surface area contributed by atoms with Crippen LogP contribution in [-0.2, 0) is 16.0 Å². The number of aromatic amines is 2. The number of benzene rings is 4. The smallest absolute Gasteiger partial charge is 0.234 e. The average molecular weight is 676 g/mol. The van der Waals surface area contributed by atoms with Gasteiger partial charge in [-0.2, -0.15) is 0 Å². The van der Waals surface area contributed by atoms with Crippen molar-refractivity contribution in [1.82, 2.24) is 19.9 Å². The third-order valence-corrected chi connectivity index (χ3v) is 9.28. The molecule has 0 radical (unpaired) electrons. The maximum absolute atomic E-state index is 12.7. The minimum Gasteiger partial charge on any atom is -0.333 e. The highest BCUT2D eigenvalue weighted by molar-refractivity contribution is 8.00. The number of aromatic nitrogens is 4. The molecule has 6 rings (SSSR count). The lowest BCUT2D eigenvalue weighted by Gasteiger charge is -2.12. The second-order valence-corrected chi connectivity index (χ2v) is 13.4. The van der Waals surface area contributed by atoms with Crippen LogP contribution in [0.15, 0.2) is 83.1 Å². The lowest BCUT2D eigenvalue weighted by atomic mass is 10.00. The second-order valence-electron chi connectivity index (χ2n) is 10.6. The van der Waals surface area contributed by atoms with Gasteiger partial charge in [0.2, 0.25) is 11.8 Å². The number of carbonyl (C=O) groups excluding carboxylic acids is 2. The van der Waals surface area contributed by atoms with Crippen LogP contribution < -0.4 is 10.6 Å². The van der Waals surface area contributed by atoms with Crippen molar-refractivity contribution >= 4 is 92.0 Å². The van der Waals surface area contributed by atoms with Gasteiger partial charge in [0.15, 0.2) is 10.3 Å². The Morgan fingerprint density at radius 2 is 1.11 bits per heavy atom. The summed E-state index contributed by atoms with van der Waals surface area (Å²) in [5.41, 5.74) is 9.07. The van der Waals surface area contributed by atoms with E-state index in [4.69, 9.17) is 23.2 Å². The molecular weight excluding hydrogens is 647 g/mol. The quantitative estimate of drug-likeness (QED) is 0.108. The number of H-pyrrole nitrogens is 2. The second kappa shape index (κ2) is 13.6. The number of hydrogen-bond donors (Lipinski definition) is 4. The molecule has 0 aliphatic rings. The van der Waals surface area contributed by atoms with E-state index in [1.54, 1.807) is 12.1 Å². The fourth-order valence-electron chi connectivity index (χ4n) is 4.88. The van der Waals surface area contributed by atoms with Gasteiger partial charge in [-0.25, -0.2) is 9.97 Å². The van der Waals surface area contributed by atoms with Crippen molar-refractivity contribution in [3.63, 3.8) is 0 Å². The van der Waals surface area contributed by atoms with Crippen molar-refractivity contribution in [1.29, 1.82) is 0 Å². The summed E-state index contributed by atoms with van der Waals surface area (Å²) in [5.74, 6) is 0.238. The molecule has 6 aromatic rings. The number of nitrogens with one attached hydrogen (secondary N) is 4. The summed E-state index contributed by atoms with van der Waals surface area (Å²) < 4.78 is 0. The van der Waals surface area contributed by atoms with Gasteiger partial charge in [-0.3, -0.25) is 9.59 Å². The third kappa shape index (κ3) is 7.83. The average Bonchev–Trinajstić information content (AvgIpc) is 3.60. The standard InChI is InChI=1S/C33H28Cl2N6O2S2/c1-18-11-20(3-7-24(18)36-30(42)16-44-32-38-26-9-5-22(34)14-28(26)40-32)13-21-4-8-25(19(2)12-21)37-31(43)17-45-33-39-27-10-6-23(35)15-29(27)41-33/h3-12,14-15H,13,16-17H2,1-2H3,(H,36,42)(H,37,43)(H,38,40)(H,39,41). The zero-order valence-electron chi connectivity index (χ0n) is 24.3. The summed E-state index contributed by atoms with van der Waals surface area (Å²) in [6.07, 6.45) is 0.724. The Kier molecular flexibility index (Phi) is 9.37. The summed E-state index contributed by atoms with van der Waals surface area (Å²) >= 11 is 14.8. The van der Waals surface area contributed by atoms with Crippen molar-refractivity contribution in [2.75, 3.05) is 22.1 Å². The van der Waals surface area contributed by atoms with E-state index >= 15 is 0 Å². The lowest BCUT2D eigenvalue weighted by Crippen LogP contribution is -2.15. The number of rotatable bonds is 10. The third-order valence-electron chi connectivity index (χ3n) is 7.06. The van der Waals surface area contributed by atoms with Gasteiger partial charge in [-0.15, -0.1) is 0 Å². The van der Waals surface area contributed by atoms with E-state index in [1.165, 1.54) is 23.5 Å². The molecule has 12 heteroatoms. The predicted molar refractivity (Wildman–Crippen MR) is 186 cm³/mol. The molecule has 45 heavy (non-hydrogen) atoms. The van der Waals surface area contributed by atoms with E-state index in [0.29, 0.717) is 20.4 Å². The molecule has 0 saturated carbocycles. The normalized spacial score (nSPS) is 11.3. The summed E-state index contributed by atoms with van der Waals surface area (Å²) in [7, 11) is 0. The molecule has 0 aliphatic heterocycles. The molecule has 0 saturated heterocycles. The minimum absolute atomic E-state index is 0.108. The molecule has 0 atom stereocenters. The van der Waals surface area contributed by atoms with Crippen LogP contribution in [0.3, 0.4) is 0 Å². The van der Waals surface area contributed by atoms with Crippen LogP contribution in [0.4, 0.5) is 11.4 Å². The first-order valence-electron chi connectivity index (χ1n) is 14.0. The highest BCUT2D eigenvalue weighted by Gasteiger charge is 2.12. The Labute approximate surface area is 278 Å². The van der Waals surface area contributed by atoms with E-state index < -0.39 is 0 Å². The van der Waals surface area contributed by atoms with Crippen molar-refractivity contribution in [3.05, 3.63) is 105 Å². The molecule has 2 heterocycles. The van der Waals surface area contributed by atoms with Crippen LogP contribution in [0.1, 0.15) is 22.3 Å². The van der Waals surface area contributed by atoms with E-state index in [2.05, 4.69) is 42.7 Å². The molecule has 0 fully saturated rings. The van der Waals surface area contributed by atoms with Gasteiger partial charge in [-0.05, 0) is 91.1 Å². The van der Waals surface area contributed by atoms with Gasteiger partial charge in [0.1, 0.15) is 0 Å². The van der Waals surface area contributed by atoms with Crippen LogP contribution in [0.2, 0.25) is 10.0 Å². The van der Waals surface area contributed by atoms with Gasteiger partial charge in [0, 0.05) is 21.4 Å². The number of aryl methyl sites for hydroxylation is 2. The maximum Gasteiger partial charge on any atom is 0.234 e. The van der Waals surface area contributed by atoms with Gasteiger partial charge in [-0.1, -0.05) is 71.0 Å². The van der Waals surface area contributed by atoms with Crippen molar-refractivity contribution < 1.29 is 9.59 Å². The number of halogens is 2. The zero-order chi connectivity index (χ0) is 31.5. The number of fused-ring (bicyclic) bond motifs is 2. The first kappa shape index (κ1) is 31.0. The Bertz CT molecular complexity index is 1910. The molecule has 4 N–H and O–H groups in total. The number of imidazole rings is 2. The molecule has 2 aromatic heterocycles. The largest absolute Gasteiger partial charge is 0.333 e. The first-order valence-corrected chi connectivity index (χ1v) is 16.8. The Balaban J connectivity index is 0.997. The Hall–Kier alpha value is -3.96. The molecule has 0 spiro atoms. The van der Waals surface area contributed by atoms with Crippen LogP contribution in [0.25, 0.3) is 22.1 Å². The monoisotopic (exact) mass is 674 g/mol. The molecule has 8 nitrogen and oxygen atoms in total. The molecule has 4 aromatic carbocycles. The minimum atomic E-state index is -0.108. The van der Waals surface area contributed by atoms with Crippen molar-refractivity contribution in [2.45, 2.75) is 30.6 Å². The predicted octanol–water partition coefficient (Wildman–Crippen LogP) is 8.42. The van der Waals surface area contributed by atoms with E-state index in [9.17, 15) is 9.59 Å². The van der Waals surface area contributed by atoms with Crippen LogP contribution in [0.5, 0.6) is 0 Å². The van der Waals surface area contributed by atoms with Crippen molar-refractivity contribution in [3.8, 4) is 0 Å². The van der Waals surface area contributed by atoms with Crippen LogP contribution >= 0.6 is 46.7 Å². The number of anilines is 2. The van der Waals surface area contributed by atoms with E-state index in [-0.39, 0.29) is 23.3 Å². The van der Waals surface area contributed by atoms with Gasteiger partial charge in [0.05, 0.1) is 33.6 Å². The molecule has 228 valence electrons. The number of hydrogen-bond acceptors (Lipinski definition) is 6. The molecule has 0 unspecified atom stereocenters. The molecular formula is C33H28Cl2N6O2S2. The van der Waals surface area contributed by atoms with Gasteiger partial charge in [0.25, 0.3) is 0 Å². The first-order chi connectivity index (χ1) is 21.7. The number of carbonyl (C=O) groups is 2. The van der Waals surface area contributed by atoms with Crippen LogP contribution in [0, 0.1) is 13.8 Å². The van der Waals surface area contributed by atoms with Gasteiger partial charge < -0.3 is 20.6 Å².